The number of hydrogen-bond donors (Lipinski definition) is 0. The van der Waals surface area contributed by atoms with Crippen molar-refractivity contribution in [3.8, 4) is 0 Å². The van der Waals surface area contributed by atoms with Gasteiger partial charge >= 0.3 is 0 Å². The molecule has 0 aromatic carbocycles. The zero-order valence-electron chi connectivity index (χ0n) is 11.0. The molecule has 2 aliphatic heterocycles. The maximum absolute atomic E-state index is 5.73. The highest BCUT2D eigenvalue weighted by atomic mass is 16.5. The van der Waals surface area contributed by atoms with E-state index in [1.165, 1.54) is 0 Å². The number of anilines is 1. The van der Waals surface area contributed by atoms with Gasteiger partial charge in [-0.15, -0.1) is 0 Å². The molecule has 5 heteroatoms. The Morgan fingerprint density at radius 1 is 1.28 bits per heavy atom. The second-order valence-electron chi connectivity index (χ2n) is 5.40. The van der Waals surface area contributed by atoms with E-state index < -0.39 is 0 Å². The molecule has 2 aliphatic rings. The normalized spacial score (nSPS) is 29.1. The summed E-state index contributed by atoms with van der Waals surface area (Å²) >= 11 is 0. The van der Waals surface area contributed by atoms with E-state index in [9.17, 15) is 0 Å². The molecule has 0 amide bonds. The molecule has 0 unspecified atom stereocenters. The van der Waals surface area contributed by atoms with E-state index >= 15 is 0 Å². The molecular weight excluding hydrogens is 228 g/mol. The number of aryl methyl sites for hydroxylation is 1. The van der Waals surface area contributed by atoms with Crippen LogP contribution in [0.2, 0.25) is 0 Å². The fraction of sp³-hybridized carbons (Fsp3) is 0.692. The summed E-state index contributed by atoms with van der Waals surface area (Å²) in [4.78, 5) is 13.7. The lowest BCUT2D eigenvalue weighted by molar-refractivity contribution is 0.0928. The van der Waals surface area contributed by atoms with Gasteiger partial charge in [0.05, 0.1) is 19.3 Å². The predicted octanol–water partition coefficient (Wildman–Crippen LogP) is 0.552. The zero-order chi connectivity index (χ0) is 12.5. The maximum Gasteiger partial charge on any atom is 0.225 e. The molecule has 0 spiro atoms. The van der Waals surface area contributed by atoms with Crippen molar-refractivity contribution < 1.29 is 4.74 Å². The molecule has 0 N–H and O–H groups in total. The topological polar surface area (TPSA) is 41.5 Å². The fourth-order valence-electron chi connectivity index (χ4n) is 2.80. The molecule has 3 heterocycles. The molecular formula is C13H20N4O. The third-order valence-corrected chi connectivity index (χ3v) is 3.81. The first-order valence-corrected chi connectivity index (χ1v) is 6.55. The summed E-state index contributed by atoms with van der Waals surface area (Å²) < 4.78 is 5.73. The van der Waals surface area contributed by atoms with Gasteiger partial charge in [-0.2, -0.15) is 0 Å². The van der Waals surface area contributed by atoms with E-state index in [1.54, 1.807) is 0 Å². The molecule has 2 fully saturated rings. The second kappa shape index (κ2) is 4.82. The molecule has 1 aromatic rings. The summed E-state index contributed by atoms with van der Waals surface area (Å²) in [5, 5.41) is 0. The van der Waals surface area contributed by atoms with Gasteiger partial charge in [0.2, 0.25) is 5.95 Å². The average molecular weight is 248 g/mol. The van der Waals surface area contributed by atoms with Crippen LogP contribution >= 0.6 is 0 Å². The highest BCUT2D eigenvalue weighted by Crippen LogP contribution is 2.21. The van der Waals surface area contributed by atoms with Gasteiger partial charge in [0.15, 0.2) is 0 Å². The first-order chi connectivity index (χ1) is 8.72. The Balaban J connectivity index is 1.85. The van der Waals surface area contributed by atoms with Gasteiger partial charge in [0, 0.05) is 37.4 Å². The van der Waals surface area contributed by atoms with E-state index in [0.717, 1.165) is 44.5 Å². The van der Waals surface area contributed by atoms with Crippen molar-refractivity contribution in [2.24, 2.45) is 5.92 Å². The molecule has 18 heavy (non-hydrogen) atoms. The van der Waals surface area contributed by atoms with Crippen molar-refractivity contribution in [1.82, 2.24) is 14.9 Å². The largest absolute Gasteiger partial charge is 0.379 e. The molecule has 98 valence electrons. The van der Waals surface area contributed by atoms with Crippen molar-refractivity contribution >= 4 is 5.95 Å². The number of ether oxygens (including phenoxy) is 1. The van der Waals surface area contributed by atoms with Crippen LogP contribution in [0.25, 0.3) is 0 Å². The summed E-state index contributed by atoms with van der Waals surface area (Å²) in [6, 6.07) is 2.39. The van der Waals surface area contributed by atoms with E-state index in [4.69, 9.17) is 4.74 Å². The number of likely N-dealkylation sites (N-methyl/N-ethyl adjacent to an activating group) is 1. The third-order valence-electron chi connectivity index (χ3n) is 3.81. The summed E-state index contributed by atoms with van der Waals surface area (Å²) in [5.41, 5.74) is 1.03. The Morgan fingerprint density at radius 3 is 3.00 bits per heavy atom. The monoisotopic (exact) mass is 248 g/mol. The van der Waals surface area contributed by atoms with Gasteiger partial charge in [-0.3, -0.25) is 4.90 Å². The van der Waals surface area contributed by atoms with Gasteiger partial charge in [-0.1, -0.05) is 0 Å². The van der Waals surface area contributed by atoms with Crippen molar-refractivity contribution in [2.75, 3.05) is 44.8 Å². The van der Waals surface area contributed by atoms with Gasteiger partial charge in [-0.05, 0) is 20.0 Å². The lowest BCUT2D eigenvalue weighted by Crippen LogP contribution is -2.42. The Morgan fingerprint density at radius 2 is 2.17 bits per heavy atom. The van der Waals surface area contributed by atoms with Crippen molar-refractivity contribution in [3.05, 3.63) is 18.0 Å². The van der Waals surface area contributed by atoms with Crippen LogP contribution in [0.15, 0.2) is 12.3 Å². The SMILES string of the molecule is Cc1ccnc(N2C[C@@H]3COC[C@H](C2)N(C)C3)n1. The van der Waals surface area contributed by atoms with E-state index in [0.29, 0.717) is 12.0 Å². The smallest absolute Gasteiger partial charge is 0.225 e. The zero-order valence-corrected chi connectivity index (χ0v) is 11.0. The second-order valence-corrected chi connectivity index (χ2v) is 5.40. The number of hydrogen-bond acceptors (Lipinski definition) is 5. The Bertz CT molecular complexity index is 425. The minimum atomic E-state index is 0.446. The first kappa shape index (κ1) is 11.9. The quantitative estimate of drug-likeness (QED) is 0.726. The van der Waals surface area contributed by atoms with E-state index in [2.05, 4.69) is 26.8 Å². The van der Waals surface area contributed by atoms with Crippen LogP contribution in [0.3, 0.4) is 0 Å². The van der Waals surface area contributed by atoms with Gasteiger partial charge in [0.25, 0.3) is 0 Å². The molecule has 5 nitrogen and oxygen atoms in total. The third kappa shape index (κ3) is 2.33. The Labute approximate surface area is 108 Å². The number of rotatable bonds is 1. The summed E-state index contributed by atoms with van der Waals surface area (Å²) in [6.45, 7) is 6.73. The van der Waals surface area contributed by atoms with Gasteiger partial charge in [0.1, 0.15) is 0 Å². The fourth-order valence-corrected chi connectivity index (χ4v) is 2.80. The molecule has 0 saturated carbocycles. The summed E-state index contributed by atoms with van der Waals surface area (Å²) in [7, 11) is 2.19. The number of fused-ring (bicyclic) bond motifs is 3. The number of aromatic nitrogens is 2. The van der Waals surface area contributed by atoms with E-state index in [-0.39, 0.29) is 0 Å². The lowest BCUT2D eigenvalue weighted by atomic mass is 10.1. The van der Waals surface area contributed by atoms with Gasteiger partial charge < -0.3 is 9.64 Å². The minimum absolute atomic E-state index is 0.446. The molecule has 0 aliphatic carbocycles. The van der Waals surface area contributed by atoms with Gasteiger partial charge in [-0.25, -0.2) is 9.97 Å². The standard InChI is InChI=1S/C13H20N4O/c1-10-3-4-14-13(15-10)17-6-11-5-16(2)12(7-17)9-18-8-11/h3-4,11-12H,5-9H2,1-2H3/t11-,12+/m1/s1. The van der Waals surface area contributed by atoms with Crippen LogP contribution in [0.1, 0.15) is 5.69 Å². The molecule has 2 atom stereocenters. The summed E-state index contributed by atoms with van der Waals surface area (Å²) in [5.74, 6) is 1.41. The van der Waals surface area contributed by atoms with Crippen molar-refractivity contribution in [3.63, 3.8) is 0 Å². The molecule has 3 rings (SSSR count). The van der Waals surface area contributed by atoms with E-state index in [1.807, 2.05) is 19.2 Å². The molecule has 0 radical (unpaired) electrons. The Kier molecular flexibility index (Phi) is 3.18. The van der Waals surface area contributed by atoms with Crippen molar-refractivity contribution in [2.45, 2.75) is 13.0 Å². The van der Waals surface area contributed by atoms with Crippen LogP contribution in [-0.2, 0) is 4.74 Å². The predicted molar refractivity (Wildman–Crippen MR) is 69.7 cm³/mol. The Hall–Kier alpha value is -1.20. The van der Waals surface area contributed by atoms with Crippen LogP contribution in [0.5, 0.6) is 0 Å². The maximum atomic E-state index is 5.73. The lowest BCUT2D eigenvalue weighted by Gasteiger charge is -2.29. The summed E-state index contributed by atoms with van der Waals surface area (Å²) in [6.07, 6.45) is 1.85. The van der Waals surface area contributed by atoms with Crippen LogP contribution in [0.4, 0.5) is 5.95 Å². The van der Waals surface area contributed by atoms with Crippen molar-refractivity contribution in [1.29, 1.82) is 0 Å². The van der Waals surface area contributed by atoms with Crippen LogP contribution in [-0.4, -0.2) is 60.8 Å². The van der Waals surface area contributed by atoms with Crippen LogP contribution < -0.4 is 4.90 Å². The number of nitrogens with zero attached hydrogens (tertiary/aromatic N) is 4. The molecule has 2 saturated heterocycles. The average Bonchev–Trinajstić information content (AvgIpc) is 2.57. The first-order valence-electron chi connectivity index (χ1n) is 6.55. The minimum Gasteiger partial charge on any atom is -0.379 e. The highest BCUT2D eigenvalue weighted by Gasteiger charge is 2.32. The highest BCUT2D eigenvalue weighted by molar-refractivity contribution is 5.31. The molecule has 2 bridgehead atoms. The molecule has 1 aromatic heterocycles. The van der Waals surface area contributed by atoms with Crippen LogP contribution in [0, 0.1) is 12.8 Å².